The molecule has 0 spiro atoms. The highest BCUT2D eigenvalue weighted by molar-refractivity contribution is 6.08. The largest absolute Gasteiger partial charge is 0.337 e. The van der Waals surface area contributed by atoms with E-state index in [1.54, 1.807) is 0 Å². The zero-order valence-corrected chi connectivity index (χ0v) is 39.0. The van der Waals surface area contributed by atoms with E-state index in [4.69, 9.17) is 0 Å². The van der Waals surface area contributed by atoms with Crippen LogP contribution in [0.2, 0.25) is 0 Å². The third kappa shape index (κ3) is 6.13. The molecule has 8 aromatic carbocycles. The minimum absolute atomic E-state index is 0.0847. The first-order valence-electron chi connectivity index (χ1n) is 24.5. The van der Waals surface area contributed by atoms with Crippen LogP contribution in [0.25, 0.3) is 84.3 Å². The first kappa shape index (κ1) is 40.1. The van der Waals surface area contributed by atoms with Crippen LogP contribution in [0.4, 0.5) is 5.69 Å². The van der Waals surface area contributed by atoms with Crippen molar-refractivity contribution in [1.29, 1.82) is 0 Å². The number of fused-ring (bicyclic) bond motifs is 8. The van der Waals surface area contributed by atoms with E-state index in [2.05, 4.69) is 233 Å². The number of hydrogen-bond donors (Lipinski definition) is 0. The average molecular weight is 862 g/mol. The van der Waals surface area contributed by atoms with Crippen LogP contribution in [-0.2, 0) is 10.8 Å². The van der Waals surface area contributed by atoms with Gasteiger partial charge in [-0.05, 0) is 161 Å². The summed E-state index contributed by atoms with van der Waals surface area (Å²) in [6.07, 6.45) is 20.9. The second-order valence-electron chi connectivity index (χ2n) is 20.6. The molecule has 8 aromatic rings. The molecule has 1 aliphatic heterocycles. The van der Waals surface area contributed by atoms with Gasteiger partial charge in [-0.1, -0.05) is 198 Å². The Balaban J connectivity index is 0.995. The minimum atomic E-state index is -0.0941. The fourth-order valence-electron chi connectivity index (χ4n) is 12.8. The van der Waals surface area contributed by atoms with Gasteiger partial charge < -0.3 is 4.90 Å². The molecule has 1 nitrogen and oxygen atoms in total. The van der Waals surface area contributed by atoms with Crippen molar-refractivity contribution in [3.63, 3.8) is 0 Å². The van der Waals surface area contributed by atoms with E-state index < -0.39 is 0 Å². The van der Waals surface area contributed by atoms with Crippen molar-refractivity contribution in [2.45, 2.75) is 70.3 Å². The van der Waals surface area contributed by atoms with Gasteiger partial charge in [0.15, 0.2) is 0 Å². The maximum absolute atomic E-state index is 2.61. The number of hydrogen-bond acceptors (Lipinski definition) is 1. The van der Waals surface area contributed by atoms with Crippen LogP contribution in [0.15, 0.2) is 188 Å². The van der Waals surface area contributed by atoms with Crippen molar-refractivity contribution in [2.75, 3.05) is 4.90 Å². The van der Waals surface area contributed by atoms with Gasteiger partial charge >= 0.3 is 0 Å². The summed E-state index contributed by atoms with van der Waals surface area (Å²) in [5, 5.41) is 5.35. The molecule has 1 heterocycles. The predicted octanol–water partition coefficient (Wildman–Crippen LogP) is 15.6. The summed E-state index contributed by atoms with van der Waals surface area (Å²) in [6.45, 7) is 9.60. The summed E-state index contributed by atoms with van der Waals surface area (Å²) in [5.41, 5.74) is 22.5. The first-order chi connectivity index (χ1) is 32.8. The first-order valence-corrected chi connectivity index (χ1v) is 24.5. The Morgan fingerprint density at radius 3 is 1.60 bits per heavy atom. The van der Waals surface area contributed by atoms with Crippen LogP contribution >= 0.6 is 0 Å². The molecule has 0 saturated carbocycles. The van der Waals surface area contributed by atoms with Gasteiger partial charge in [-0.25, -0.2) is 0 Å². The topological polar surface area (TPSA) is 3.24 Å². The molecule has 0 amide bonds. The summed E-state index contributed by atoms with van der Waals surface area (Å²) in [7, 11) is 0. The number of nitrogens with zero attached hydrogens (tertiary/aromatic N) is 1. The van der Waals surface area contributed by atoms with Crippen molar-refractivity contribution in [1.82, 2.24) is 0 Å². The van der Waals surface area contributed by atoms with Crippen LogP contribution in [0.3, 0.4) is 0 Å². The summed E-state index contributed by atoms with van der Waals surface area (Å²) >= 11 is 0. The molecule has 0 N–H and O–H groups in total. The molecule has 0 fully saturated rings. The van der Waals surface area contributed by atoms with Crippen molar-refractivity contribution < 1.29 is 0 Å². The lowest BCUT2D eigenvalue weighted by atomic mass is 9.79. The Kier molecular flexibility index (Phi) is 9.07. The monoisotopic (exact) mass is 861 g/mol. The molecule has 5 aliphatic rings. The van der Waals surface area contributed by atoms with Gasteiger partial charge in [0.2, 0.25) is 0 Å². The Bertz CT molecular complexity index is 3580. The van der Waals surface area contributed by atoms with E-state index in [9.17, 15) is 0 Å². The normalized spacial score (nSPS) is 18.9. The van der Waals surface area contributed by atoms with E-state index in [-0.39, 0.29) is 10.8 Å². The number of allylic oxidation sites excluding steroid dienone is 3. The van der Waals surface area contributed by atoms with Crippen molar-refractivity contribution in [2.24, 2.45) is 5.92 Å². The van der Waals surface area contributed by atoms with E-state index in [0.717, 1.165) is 25.7 Å². The summed E-state index contributed by atoms with van der Waals surface area (Å²) < 4.78 is 0. The molecule has 0 saturated heterocycles. The van der Waals surface area contributed by atoms with Gasteiger partial charge in [0, 0.05) is 34.2 Å². The Morgan fingerprint density at radius 1 is 0.433 bits per heavy atom. The van der Waals surface area contributed by atoms with E-state index in [0.29, 0.717) is 12.0 Å². The minimum Gasteiger partial charge on any atom is -0.337 e. The molecule has 2 unspecified atom stereocenters. The lowest BCUT2D eigenvalue weighted by Gasteiger charge is -2.35. The lowest BCUT2D eigenvalue weighted by molar-refractivity contribution is 0.514. The van der Waals surface area contributed by atoms with Crippen LogP contribution in [0.5, 0.6) is 0 Å². The smallest absolute Gasteiger partial charge is 0.0447 e. The van der Waals surface area contributed by atoms with Gasteiger partial charge in [0.1, 0.15) is 0 Å². The number of anilines is 1. The molecule has 4 aliphatic carbocycles. The molecule has 324 valence electrons. The van der Waals surface area contributed by atoms with E-state index >= 15 is 0 Å². The van der Waals surface area contributed by atoms with Crippen molar-refractivity contribution in [3.8, 4) is 55.6 Å². The van der Waals surface area contributed by atoms with Gasteiger partial charge in [0.05, 0.1) is 0 Å². The second kappa shape index (κ2) is 15.2. The third-order valence-electron chi connectivity index (χ3n) is 16.2. The predicted molar refractivity (Wildman–Crippen MR) is 284 cm³/mol. The molecular weight excluding hydrogens is 807 g/mol. The molecule has 2 atom stereocenters. The molecule has 0 bridgehead atoms. The third-order valence-corrected chi connectivity index (χ3v) is 16.2. The Labute approximate surface area is 395 Å². The van der Waals surface area contributed by atoms with Gasteiger partial charge in [0.25, 0.3) is 0 Å². The molecule has 0 aromatic heterocycles. The van der Waals surface area contributed by atoms with Gasteiger partial charge in [-0.15, -0.1) is 0 Å². The molecule has 13 rings (SSSR count). The molecular formula is C66H55N. The zero-order valence-electron chi connectivity index (χ0n) is 39.0. The Hall–Kier alpha value is -7.22. The number of rotatable bonds is 6. The summed E-state index contributed by atoms with van der Waals surface area (Å²) in [4.78, 5) is 2.61. The zero-order chi connectivity index (χ0) is 45.0. The van der Waals surface area contributed by atoms with Crippen LogP contribution in [0.1, 0.15) is 81.2 Å². The lowest BCUT2D eigenvalue weighted by Crippen LogP contribution is -2.35. The fourth-order valence-corrected chi connectivity index (χ4v) is 12.8. The van der Waals surface area contributed by atoms with Crippen LogP contribution < -0.4 is 15.3 Å². The second-order valence-corrected chi connectivity index (χ2v) is 20.6. The van der Waals surface area contributed by atoms with E-state index in [1.165, 1.54) is 116 Å². The van der Waals surface area contributed by atoms with Crippen molar-refractivity contribution in [3.05, 3.63) is 226 Å². The molecule has 1 heteroatoms. The summed E-state index contributed by atoms with van der Waals surface area (Å²) in [5.74, 6) is 0.459. The van der Waals surface area contributed by atoms with Crippen LogP contribution in [0, 0.1) is 5.92 Å². The van der Waals surface area contributed by atoms with Gasteiger partial charge in [-0.3, -0.25) is 0 Å². The molecule has 67 heavy (non-hydrogen) atoms. The highest BCUT2D eigenvalue weighted by Gasteiger charge is 2.38. The fraction of sp³-hybridized carbons (Fsp3) is 0.182. The van der Waals surface area contributed by atoms with Crippen LogP contribution in [-0.4, -0.2) is 6.04 Å². The molecule has 0 radical (unpaired) electrons. The van der Waals surface area contributed by atoms with Crippen molar-refractivity contribution >= 4 is 34.3 Å². The quantitative estimate of drug-likeness (QED) is 0.161. The maximum Gasteiger partial charge on any atom is 0.0447 e. The highest BCUT2D eigenvalue weighted by atomic mass is 15.2. The SMILES string of the molecule is CC1(C)c2ccccc2-c2ccc(-c3c4c(c(-c5ccc6c(c5)C(C)(C)c5ccccc5-6)c5cc(-c6ccc(N7C(c8ccccc8)=CCC7C7C=CC=CC7)cc6)ccc35)=CCCC=4)cc21. The standard InChI is InChI=1S/C66H55N/c1-65(2)57-25-15-13-21-49(57)51-34-30-46(40-59(51)65)63-53-23-11-12-24-54(53)64(47-31-35-52-50-22-14-16-26-58(50)66(3,4)60(52)41-47)56-39-45(29-36-55(56)63)42-27-32-48(33-28-42)67-61(43-17-7-5-8-18-43)37-38-62(67)44-19-9-6-10-20-44/h5-10,13-19,21-37,39-41,44,62H,11-12,20,38H2,1-4H3. The summed E-state index contributed by atoms with van der Waals surface area (Å²) in [6, 6.07) is 60.8. The Morgan fingerprint density at radius 2 is 0.985 bits per heavy atom. The van der Waals surface area contributed by atoms with E-state index in [1.807, 2.05) is 0 Å². The maximum atomic E-state index is 2.61. The van der Waals surface area contributed by atoms with Gasteiger partial charge in [-0.2, -0.15) is 0 Å². The highest BCUT2D eigenvalue weighted by Crippen LogP contribution is 2.52. The number of benzene rings is 8. The average Bonchev–Trinajstić information content (AvgIpc) is 3.99.